The number of hydrogen-bond acceptors (Lipinski definition) is 3. The van der Waals surface area contributed by atoms with Gasteiger partial charge in [-0.25, -0.2) is 4.98 Å². The molecule has 1 atom stereocenters. The first-order chi connectivity index (χ1) is 7.51. The maximum atomic E-state index is 6.24. The van der Waals surface area contributed by atoms with Gasteiger partial charge in [0.1, 0.15) is 12.2 Å². The molecule has 0 aliphatic heterocycles. The SMILES string of the molecule is CCCn1ncnc1CC(N)C(C)(C)CC. The van der Waals surface area contributed by atoms with Crippen molar-refractivity contribution in [2.45, 2.75) is 59.5 Å². The Morgan fingerprint density at radius 2 is 2.12 bits per heavy atom. The van der Waals surface area contributed by atoms with Gasteiger partial charge in [0.2, 0.25) is 0 Å². The van der Waals surface area contributed by atoms with Crippen molar-refractivity contribution in [2.75, 3.05) is 0 Å². The molecule has 0 saturated carbocycles. The van der Waals surface area contributed by atoms with Gasteiger partial charge in [0, 0.05) is 19.0 Å². The Labute approximate surface area is 98.2 Å². The lowest BCUT2D eigenvalue weighted by Crippen LogP contribution is -2.39. The van der Waals surface area contributed by atoms with E-state index in [4.69, 9.17) is 5.73 Å². The van der Waals surface area contributed by atoms with Gasteiger partial charge in [0.05, 0.1) is 0 Å². The Bertz CT molecular complexity index is 317. The zero-order valence-electron chi connectivity index (χ0n) is 10.9. The second-order valence-electron chi connectivity index (χ2n) is 5.05. The Kier molecular flexibility index (Phi) is 4.47. The van der Waals surface area contributed by atoms with Crippen LogP contribution in [0.4, 0.5) is 0 Å². The molecule has 1 aromatic heterocycles. The average Bonchev–Trinajstić information content (AvgIpc) is 2.66. The van der Waals surface area contributed by atoms with Crippen LogP contribution in [0.15, 0.2) is 6.33 Å². The van der Waals surface area contributed by atoms with E-state index >= 15 is 0 Å². The van der Waals surface area contributed by atoms with Crippen LogP contribution >= 0.6 is 0 Å². The summed E-state index contributed by atoms with van der Waals surface area (Å²) in [4.78, 5) is 4.29. The predicted octanol–water partition coefficient (Wildman–Crippen LogP) is 1.99. The lowest BCUT2D eigenvalue weighted by atomic mass is 9.81. The number of rotatable bonds is 6. The van der Waals surface area contributed by atoms with E-state index in [-0.39, 0.29) is 11.5 Å². The number of aryl methyl sites for hydroxylation is 1. The highest BCUT2D eigenvalue weighted by Gasteiger charge is 2.25. The van der Waals surface area contributed by atoms with Crippen molar-refractivity contribution in [3.63, 3.8) is 0 Å². The highest BCUT2D eigenvalue weighted by molar-refractivity contribution is 4.93. The quantitative estimate of drug-likeness (QED) is 0.804. The molecule has 16 heavy (non-hydrogen) atoms. The maximum Gasteiger partial charge on any atom is 0.138 e. The van der Waals surface area contributed by atoms with Crippen LogP contribution < -0.4 is 5.73 Å². The minimum absolute atomic E-state index is 0.136. The van der Waals surface area contributed by atoms with E-state index < -0.39 is 0 Å². The molecule has 0 aliphatic carbocycles. The summed E-state index contributed by atoms with van der Waals surface area (Å²) in [6.45, 7) is 9.66. The van der Waals surface area contributed by atoms with Gasteiger partial charge in [0.15, 0.2) is 0 Å². The molecule has 0 amide bonds. The number of nitrogens with zero attached hydrogens (tertiary/aromatic N) is 3. The minimum Gasteiger partial charge on any atom is -0.327 e. The lowest BCUT2D eigenvalue weighted by molar-refractivity contribution is 0.267. The first kappa shape index (κ1) is 13.2. The van der Waals surface area contributed by atoms with Crippen LogP contribution in [0.1, 0.15) is 46.4 Å². The van der Waals surface area contributed by atoms with Gasteiger partial charge in [-0.3, -0.25) is 4.68 Å². The smallest absolute Gasteiger partial charge is 0.138 e. The van der Waals surface area contributed by atoms with Crippen LogP contribution in [0.5, 0.6) is 0 Å². The molecular weight excluding hydrogens is 200 g/mol. The minimum atomic E-state index is 0.136. The van der Waals surface area contributed by atoms with Crippen LogP contribution in [0.3, 0.4) is 0 Å². The second-order valence-corrected chi connectivity index (χ2v) is 5.05. The first-order valence-electron chi connectivity index (χ1n) is 6.13. The van der Waals surface area contributed by atoms with E-state index in [1.54, 1.807) is 6.33 Å². The number of hydrogen-bond donors (Lipinski definition) is 1. The fourth-order valence-corrected chi connectivity index (χ4v) is 1.58. The third-order valence-electron chi connectivity index (χ3n) is 3.45. The van der Waals surface area contributed by atoms with E-state index in [9.17, 15) is 0 Å². The zero-order valence-corrected chi connectivity index (χ0v) is 10.9. The number of aromatic nitrogens is 3. The summed E-state index contributed by atoms with van der Waals surface area (Å²) in [5, 5.41) is 4.22. The summed E-state index contributed by atoms with van der Waals surface area (Å²) in [5.41, 5.74) is 6.39. The fourth-order valence-electron chi connectivity index (χ4n) is 1.58. The van der Waals surface area contributed by atoms with Gasteiger partial charge in [0.25, 0.3) is 0 Å². The van der Waals surface area contributed by atoms with Gasteiger partial charge in [-0.05, 0) is 18.3 Å². The highest BCUT2D eigenvalue weighted by atomic mass is 15.3. The van der Waals surface area contributed by atoms with E-state index in [0.717, 1.165) is 31.6 Å². The maximum absolute atomic E-state index is 6.24. The van der Waals surface area contributed by atoms with Crippen molar-refractivity contribution >= 4 is 0 Å². The van der Waals surface area contributed by atoms with Crippen molar-refractivity contribution < 1.29 is 0 Å². The molecule has 2 N–H and O–H groups in total. The van der Waals surface area contributed by atoms with Crippen molar-refractivity contribution in [3.8, 4) is 0 Å². The molecule has 4 nitrogen and oxygen atoms in total. The predicted molar refractivity (Wildman–Crippen MR) is 66.1 cm³/mol. The molecule has 0 bridgehead atoms. The molecule has 1 aromatic rings. The standard InChI is InChI=1S/C12H24N4/c1-5-7-16-11(14-9-15-16)8-10(13)12(3,4)6-2/h9-10H,5-8,13H2,1-4H3. The van der Waals surface area contributed by atoms with Gasteiger partial charge >= 0.3 is 0 Å². The first-order valence-corrected chi connectivity index (χ1v) is 6.13. The van der Waals surface area contributed by atoms with Crippen LogP contribution in [-0.4, -0.2) is 20.8 Å². The van der Waals surface area contributed by atoms with Gasteiger partial charge in [-0.1, -0.05) is 27.7 Å². The topological polar surface area (TPSA) is 56.7 Å². The Morgan fingerprint density at radius 1 is 1.44 bits per heavy atom. The molecule has 1 unspecified atom stereocenters. The van der Waals surface area contributed by atoms with E-state index in [1.807, 2.05) is 4.68 Å². The Morgan fingerprint density at radius 3 is 2.69 bits per heavy atom. The lowest BCUT2D eigenvalue weighted by Gasteiger charge is -2.30. The zero-order chi connectivity index (χ0) is 12.2. The van der Waals surface area contributed by atoms with Gasteiger partial charge in [-0.2, -0.15) is 5.10 Å². The molecule has 0 aromatic carbocycles. The highest BCUT2D eigenvalue weighted by Crippen LogP contribution is 2.25. The van der Waals surface area contributed by atoms with E-state index in [1.165, 1.54) is 0 Å². The fraction of sp³-hybridized carbons (Fsp3) is 0.833. The molecule has 0 saturated heterocycles. The van der Waals surface area contributed by atoms with Crippen molar-refractivity contribution in [2.24, 2.45) is 11.1 Å². The normalized spacial score (nSPS) is 14.1. The summed E-state index contributed by atoms with van der Waals surface area (Å²) >= 11 is 0. The van der Waals surface area contributed by atoms with Crippen LogP contribution in [0, 0.1) is 5.41 Å². The summed E-state index contributed by atoms with van der Waals surface area (Å²) in [5.74, 6) is 1.01. The van der Waals surface area contributed by atoms with Crippen LogP contribution in [-0.2, 0) is 13.0 Å². The van der Waals surface area contributed by atoms with E-state index in [2.05, 4.69) is 37.8 Å². The molecule has 92 valence electrons. The molecule has 1 heterocycles. The largest absolute Gasteiger partial charge is 0.327 e. The molecule has 1 rings (SSSR count). The summed E-state index contributed by atoms with van der Waals surface area (Å²) in [6.07, 6.45) is 4.58. The molecule has 0 spiro atoms. The molecule has 0 aliphatic rings. The van der Waals surface area contributed by atoms with Crippen molar-refractivity contribution in [1.82, 2.24) is 14.8 Å². The molecule has 0 radical (unpaired) electrons. The van der Waals surface area contributed by atoms with E-state index in [0.29, 0.717) is 0 Å². The molecular formula is C12H24N4. The number of nitrogens with two attached hydrogens (primary N) is 1. The van der Waals surface area contributed by atoms with Crippen LogP contribution in [0.2, 0.25) is 0 Å². The van der Waals surface area contributed by atoms with Gasteiger partial charge in [-0.15, -0.1) is 0 Å². The monoisotopic (exact) mass is 224 g/mol. The van der Waals surface area contributed by atoms with Crippen molar-refractivity contribution in [3.05, 3.63) is 12.2 Å². The average molecular weight is 224 g/mol. The third kappa shape index (κ3) is 3.04. The summed E-state index contributed by atoms with van der Waals surface area (Å²) in [6, 6.07) is 0.136. The molecule has 4 heteroatoms. The van der Waals surface area contributed by atoms with Crippen molar-refractivity contribution in [1.29, 1.82) is 0 Å². The molecule has 0 fully saturated rings. The summed E-state index contributed by atoms with van der Waals surface area (Å²) < 4.78 is 1.96. The summed E-state index contributed by atoms with van der Waals surface area (Å²) in [7, 11) is 0. The second kappa shape index (κ2) is 5.43. The van der Waals surface area contributed by atoms with Crippen LogP contribution in [0.25, 0.3) is 0 Å². The Hall–Kier alpha value is -0.900. The van der Waals surface area contributed by atoms with Gasteiger partial charge < -0.3 is 5.73 Å². The third-order valence-corrected chi connectivity index (χ3v) is 3.45. The Balaban J connectivity index is 2.69.